The van der Waals surface area contributed by atoms with Crippen LogP contribution in [0.4, 0.5) is 4.39 Å². The summed E-state index contributed by atoms with van der Waals surface area (Å²) in [5.41, 5.74) is 7.55. The molecule has 8 heteroatoms. The number of ether oxygens (including phenoxy) is 1. The van der Waals surface area contributed by atoms with E-state index in [0.717, 1.165) is 17.9 Å². The molecule has 4 N–H and O–H groups in total. The van der Waals surface area contributed by atoms with E-state index in [1.54, 1.807) is 6.07 Å². The lowest BCUT2D eigenvalue weighted by Gasteiger charge is -2.11. The highest BCUT2D eigenvalue weighted by Gasteiger charge is 2.00. The van der Waals surface area contributed by atoms with E-state index in [-0.39, 0.29) is 5.82 Å². The molecule has 0 saturated heterocycles. The van der Waals surface area contributed by atoms with Gasteiger partial charge in [0.25, 0.3) is 10.1 Å². The number of nitrogens with one attached hydrogen (secondary N) is 1. The molecular weight excluding hydrogens is 359 g/mol. The average Bonchev–Trinajstić information content (AvgIpc) is 2.57. The first-order chi connectivity index (χ1) is 12.2. The Balaban J connectivity index is 0.000000597. The molecular formula is C18H25FN2O4S. The number of benzene rings is 2. The van der Waals surface area contributed by atoms with Gasteiger partial charge in [-0.3, -0.25) is 4.55 Å². The Morgan fingerprint density at radius 1 is 1.19 bits per heavy atom. The zero-order valence-electron chi connectivity index (χ0n) is 14.9. The van der Waals surface area contributed by atoms with Gasteiger partial charge in [-0.15, -0.1) is 0 Å². The fourth-order valence-corrected chi connectivity index (χ4v) is 1.87. The van der Waals surface area contributed by atoms with Crippen molar-refractivity contribution in [3.05, 3.63) is 65.5 Å². The number of nitrogens with two attached hydrogens (primary N) is 1. The third-order valence-corrected chi connectivity index (χ3v) is 3.23. The van der Waals surface area contributed by atoms with Crippen LogP contribution in [0.15, 0.2) is 48.5 Å². The Hall–Kier alpha value is -2.00. The van der Waals surface area contributed by atoms with Gasteiger partial charge in [0.05, 0.1) is 6.26 Å². The Labute approximate surface area is 153 Å². The normalized spacial score (nSPS) is 12.0. The van der Waals surface area contributed by atoms with Crippen LogP contribution in [0.1, 0.15) is 18.1 Å². The highest BCUT2D eigenvalue weighted by molar-refractivity contribution is 7.85. The first-order valence-electron chi connectivity index (χ1n) is 7.99. The summed E-state index contributed by atoms with van der Waals surface area (Å²) in [6, 6.07) is 14.6. The molecule has 6 nitrogen and oxygen atoms in total. The van der Waals surface area contributed by atoms with E-state index in [2.05, 4.69) is 12.2 Å². The third-order valence-electron chi connectivity index (χ3n) is 3.23. The monoisotopic (exact) mass is 384 g/mol. The van der Waals surface area contributed by atoms with Crippen LogP contribution in [0.25, 0.3) is 0 Å². The molecule has 0 fully saturated rings. The van der Waals surface area contributed by atoms with Crippen molar-refractivity contribution in [2.24, 2.45) is 5.73 Å². The molecule has 0 saturated carbocycles. The lowest BCUT2D eigenvalue weighted by atomic mass is 10.2. The van der Waals surface area contributed by atoms with E-state index in [0.29, 0.717) is 25.4 Å². The fraction of sp³-hybridized carbons (Fsp3) is 0.333. The van der Waals surface area contributed by atoms with E-state index < -0.39 is 10.1 Å². The molecule has 0 spiro atoms. The molecule has 0 unspecified atom stereocenters. The van der Waals surface area contributed by atoms with Crippen molar-refractivity contribution in [2.45, 2.75) is 26.1 Å². The Morgan fingerprint density at radius 2 is 1.81 bits per heavy atom. The van der Waals surface area contributed by atoms with Crippen molar-refractivity contribution in [3.63, 3.8) is 0 Å². The van der Waals surface area contributed by atoms with Gasteiger partial charge >= 0.3 is 0 Å². The van der Waals surface area contributed by atoms with Gasteiger partial charge in [0, 0.05) is 19.1 Å². The van der Waals surface area contributed by atoms with Crippen molar-refractivity contribution < 1.29 is 22.1 Å². The van der Waals surface area contributed by atoms with Crippen LogP contribution in [-0.2, 0) is 23.3 Å². The summed E-state index contributed by atoms with van der Waals surface area (Å²) in [5, 5.41) is 3.32. The van der Waals surface area contributed by atoms with Crippen molar-refractivity contribution in [1.29, 1.82) is 0 Å². The first kappa shape index (κ1) is 22.0. The summed E-state index contributed by atoms with van der Waals surface area (Å²) in [5.74, 6) is 0.529. The molecule has 2 rings (SSSR count). The molecule has 0 bridgehead atoms. The zero-order valence-corrected chi connectivity index (χ0v) is 15.7. The highest BCUT2D eigenvalue weighted by atomic mass is 32.2. The molecule has 2 aromatic rings. The number of hydrogen-bond donors (Lipinski definition) is 3. The van der Waals surface area contributed by atoms with E-state index >= 15 is 0 Å². The minimum atomic E-state index is -3.67. The summed E-state index contributed by atoms with van der Waals surface area (Å²) in [4.78, 5) is 0. The van der Waals surface area contributed by atoms with E-state index in [9.17, 15) is 12.8 Å². The maximum Gasteiger partial charge on any atom is 0.261 e. The van der Waals surface area contributed by atoms with Gasteiger partial charge in [-0.05, 0) is 42.3 Å². The van der Waals surface area contributed by atoms with Gasteiger partial charge in [0.1, 0.15) is 18.2 Å². The van der Waals surface area contributed by atoms with Crippen molar-refractivity contribution in [2.75, 3.05) is 12.8 Å². The number of hydrogen-bond acceptors (Lipinski definition) is 5. The van der Waals surface area contributed by atoms with Crippen molar-refractivity contribution in [3.8, 4) is 5.75 Å². The summed E-state index contributed by atoms with van der Waals surface area (Å²) in [6.07, 6.45) is 0.715. The smallest absolute Gasteiger partial charge is 0.261 e. The van der Waals surface area contributed by atoms with Gasteiger partial charge in [-0.2, -0.15) is 8.42 Å². The Kier molecular flexibility index (Phi) is 9.22. The van der Waals surface area contributed by atoms with Crippen LogP contribution in [0.2, 0.25) is 0 Å². The SMILES string of the molecule is CS(=O)(=O)O.C[C@@H](CN)NCc1ccc(OCc2cccc(F)c2)cc1. The van der Waals surface area contributed by atoms with Crippen LogP contribution in [0, 0.1) is 5.82 Å². The molecule has 0 aliphatic rings. The van der Waals surface area contributed by atoms with Crippen LogP contribution in [0.3, 0.4) is 0 Å². The zero-order chi connectivity index (χ0) is 19.6. The number of rotatable bonds is 7. The second-order valence-corrected chi connectivity index (χ2v) is 7.28. The molecule has 0 aromatic heterocycles. The van der Waals surface area contributed by atoms with Crippen LogP contribution in [-0.4, -0.2) is 31.8 Å². The van der Waals surface area contributed by atoms with Gasteiger partial charge < -0.3 is 15.8 Å². The first-order valence-corrected chi connectivity index (χ1v) is 9.84. The minimum Gasteiger partial charge on any atom is -0.489 e. The molecule has 0 aliphatic carbocycles. The molecule has 0 amide bonds. The van der Waals surface area contributed by atoms with Crippen LogP contribution < -0.4 is 15.8 Å². The summed E-state index contributed by atoms with van der Waals surface area (Å²) in [7, 11) is -3.67. The Morgan fingerprint density at radius 3 is 2.35 bits per heavy atom. The van der Waals surface area contributed by atoms with Gasteiger partial charge in [-0.25, -0.2) is 4.39 Å². The quantitative estimate of drug-likeness (QED) is 0.634. The van der Waals surface area contributed by atoms with E-state index in [1.165, 1.54) is 17.7 Å². The fourth-order valence-electron chi connectivity index (χ4n) is 1.87. The van der Waals surface area contributed by atoms with E-state index in [1.807, 2.05) is 30.3 Å². The van der Waals surface area contributed by atoms with Crippen LogP contribution >= 0.6 is 0 Å². The molecule has 1 atom stereocenters. The summed E-state index contributed by atoms with van der Waals surface area (Å²) >= 11 is 0. The standard InChI is InChI=1S/C17H21FN2O.CH4O3S/c1-13(10-19)20-11-14-5-7-17(8-6-14)21-12-15-3-2-4-16(18)9-15;1-5(2,3)4/h2-9,13,20H,10-12,19H2,1H3;1H3,(H,2,3,4)/t13-;/m0./s1. The molecule has 26 heavy (non-hydrogen) atoms. The second kappa shape index (κ2) is 10.9. The second-order valence-electron chi connectivity index (χ2n) is 5.81. The predicted molar refractivity (Wildman–Crippen MR) is 100 cm³/mol. The predicted octanol–water partition coefficient (Wildman–Crippen LogP) is 2.35. The van der Waals surface area contributed by atoms with E-state index in [4.69, 9.17) is 15.0 Å². The van der Waals surface area contributed by atoms with Gasteiger partial charge in [-0.1, -0.05) is 24.3 Å². The summed E-state index contributed by atoms with van der Waals surface area (Å²) < 4.78 is 44.6. The molecule has 0 heterocycles. The highest BCUT2D eigenvalue weighted by Crippen LogP contribution is 2.14. The van der Waals surface area contributed by atoms with Crippen LogP contribution in [0.5, 0.6) is 5.75 Å². The maximum absolute atomic E-state index is 13.1. The average molecular weight is 384 g/mol. The minimum absolute atomic E-state index is 0.244. The topological polar surface area (TPSA) is 102 Å². The molecule has 2 aromatic carbocycles. The van der Waals surface area contributed by atoms with Gasteiger partial charge in [0.2, 0.25) is 0 Å². The lowest BCUT2D eigenvalue weighted by molar-refractivity contribution is 0.305. The van der Waals surface area contributed by atoms with Crippen molar-refractivity contribution >= 4 is 10.1 Å². The molecule has 0 radical (unpaired) electrons. The molecule has 0 aliphatic heterocycles. The molecule has 144 valence electrons. The van der Waals surface area contributed by atoms with Crippen molar-refractivity contribution in [1.82, 2.24) is 5.32 Å². The lowest BCUT2D eigenvalue weighted by Crippen LogP contribution is -2.32. The largest absolute Gasteiger partial charge is 0.489 e. The Bertz CT molecular complexity index is 759. The number of halogens is 1. The van der Waals surface area contributed by atoms with Gasteiger partial charge in [0.15, 0.2) is 0 Å². The maximum atomic E-state index is 13.1. The summed E-state index contributed by atoms with van der Waals surface area (Å²) in [6.45, 7) is 3.81. The third kappa shape index (κ3) is 10.8.